The summed E-state index contributed by atoms with van der Waals surface area (Å²) in [4.78, 5) is 4.09. The van der Waals surface area contributed by atoms with Crippen molar-refractivity contribution in [3.05, 3.63) is 6.20 Å². The van der Waals surface area contributed by atoms with Crippen molar-refractivity contribution in [1.29, 1.82) is 0 Å². The Morgan fingerprint density at radius 2 is 2.23 bits per heavy atom. The number of nitrogens with two attached hydrogens (primary N) is 1. The van der Waals surface area contributed by atoms with E-state index in [1.165, 1.54) is 25.7 Å². The third-order valence-corrected chi connectivity index (χ3v) is 2.62. The van der Waals surface area contributed by atoms with E-state index in [-0.39, 0.29) is 0 Å². The lowest BCUT2D eigenvalue weighted by molar-refractivity contribution is 0.336. The number of anilines is 1. The summed E-state index contributed by atoms with van der Waals surface area (Å²) in [6, 6.07) is 1.18. The maximum atomic E-state index is 5.61. The van der Waals surface area contributed by atoms with E-state index in [4.69, 9.17) is 10.5 Å². The molecule has 0 bridgehead atoms. The Balaban J connectivity index is 2.26. The number of nitrogen functional groups attached to an aromatic ring is 1. The van der Waals surface area contributed by atoms with Crippen LogP contribution in [0.5, 0.6) is 6.01 Å². The standard InChI is InChI=1S/C9H15N3O/c1-13-9-11-8(10)6-12(9)7-4-2-3-5-7/h6-7H,2-5,10H2,1H3. The van der Waals surface area contributed by atoms with Crippen molar-refractivity contribution in [2.75, 3.05) is 12.8 Å². The van der Waals surface area contributed by atoms with Gasteiger partial charge in [-0.2, -0.15) is 4.98 Å². The molecule has 1 aromatic heterocycles. The molecule has 1 heterocycles. The number of ether oxygens (including phenoxy) is 1. The molecule has 1 aliphatic carbocycles. The van der Waals surface area contributed by atoms with Crippen LogP contribution in [-0.4, -0.2) is 16.7 Å². The molecule has 0 unspecified atom stereocenters. The molecule has 2 rings (SSSR count). The van der Waals surface area contributed by atoms with E-state index in [0.29, 0.717) is 17.9 Å². The first kappa shape index (κ1) is 8.41. The highest BCUT2D eigenvalue weighted by molar-refractivity contribution is 5.28. The van der Waals surface area contributed by atoms with Crippen LogP contribution in [0.3, 0.4) is 0 Å². The van der Waals surface area contributed by atoms with Crippen LogP contribution < -0.4 is 10.5 Å². The van der Waals surface area contributed by atoms with Crippen molar-refractivity contribution in [3.8, 4) is 6.01 Å². The summed E-state index contributed by atoms with van der Waals surface area (Å²) in [5.41, 5.74) is 5.61. The van der Waals surface area contributed by atoms with Crippen LogP contribution in [0.4, 0.5) is 5.82 Å². The van der Waals surface area contributed by atoms with Crippen molar-refractivity contribution in [2.24, 2.45) is 0 Å². The fourth-order valence-electron chi connectivity index (χ4n) is 1.99. The van der Waals surface area contributed by atoms with Gasteiger partial charge in [0.25, 0.3) is 6.01 Å². The second kappa shape index (κ2) is 3.28. The van der Waals surface area contributed by atoms with E-state index >= 15 is 0 Å². The van der Waals surface area contributed by atoms with Gasteiger partial charge in [0, 0.05) is 6.04 Å². The van der Waals surface area contributed by atoms with Gasteiger partial charge >= 0.3 is 0 Å². The molecule has 2 N–H and O–H groups in total. The summed E-state index contributed by atoms with van der Waals surface area (Å²) in [6.45, 7) is 0. The molecule has 0 saturated heterocycles. The van der Waals surface area contributed by atoms with Crippen molar-refractivity contribution in [2.45, 2.75) is 31.7 Å². The summed E-state index contributed by atoms with van der Waals surface area (Å²) in [6.07, 6.45) is 6.89. The molecule has 1 fully saturated rings. The minimum absolute atomic E-state index is 0.541. The van der Waals surface area contributed by atoms with Crippen LogP contribution in [0.2, 0.25) is 0 Å². The van der Waals surface area contributed by atoms with Gasteiger partial charge in [-0.25, -0.2) is 0 Å². The number of rotatable bonds is 2. The summed E-state index contributed by atoms with van der Waals surface area (Å²) in [5.74, 6) is 0.545. The fraction of sp³-hybridized carbons (Fsp3) is 0.667. The van der Waals surface area contributed by atoms with E-state index in [0.717, 1.165) is 0 Å². The van der Waals surface area contributed by atoms with E-state index in [9.17, 15) is 0 Å². The van der Waals surface area contributed by atoms with Gasteiger partial charge in [0.2, 0.25) is 0 Å². The average molecular weight is 181 g/mol. The molecule has 4 heteroatoms. The molecule has 1 aliphatic rings. The second-order valence-corrected chi connectivity index (χ2v) is 3.50. The van der Waals surface area contributed by atoms with Crippen LogP contribution in [-0.2, 0) is 0 Å². The smallest absolute Gasteiger partial charge is 0.298 e. The average Bonchev–Trinajstić information content (AvgIpc) is 2.71. The Morgan fingerprint density at radius 3 is 2.85 bits per heavy atom. The predicted molar refractivity (Wildman–Crippen MR) is 50.7 cm³/mol. The third kappa shape index (κ3) is 1.48. The van der Waals surface area contributed by atoms with Gasteiger partial charge in [-0.15, -0.1) is 0 Å². The zero-order valence-corrected chi connectivity index (χ0v) is 7.86. The molecule has 1 saturated carbocycles. The molecule has 1 aromatic rings. The van der Waals surface area contributed by atoms with Gasteiger partial charge in [0.05, 0.1) is 13.3 Å². The lowest BCUT2D eigenvalue weighted by Gasteiger charge is -2.12. The first-order chi connectivity index (χ1) is 6.31. The largest absolute Gasteiger partial charge is 0.468 e. The molecule has 0 aliphatic heterocycles. The molecule has 0 radical (unpaired) electrons. The van der Waals surface area contributed by atoms with Crippen LogP contribution in [0.15, 0.2) is 6.20 Å². The highest BCUT2D eigenvalue weighted by Gasteiger charge is 2.20. The van der Waals surface area contributed by atoms with Gasteiger partial charge in [0.1, 0.15) is 5.82 Å². The molecular weight excluding hydrogens is 166 g/mol. The third-order valence-electron chi connectivity index (χ3n) is 2.62. The molecule has 4 nitrogen and oxygen atoms in total. The van der Waals surface area contributed by atoms with Crippen molar-refractivity contribution >= 4 is 5.82 Å². The molecule has 13 heavy (non-hydrogen) atoms. The van der Waals surface area contributed by atoms with E-state index in [2.05, 4.69) is 9.55 Å². The Labute approximate surface area is 77.7 Å². The topological polar surface area (TPSA) is 53.1 Å². The van der Waals surface area contributed by atoms with E-state index in [1.54, 1.807) is 7.11 Å². The Morgan fingerprint density at radius 1 is 1.54 bits per heavy atom. The van der Waals surface area contributed by atoms with Crippen molar-refractivity contribution in [3.63, 3.8) is 0 Å². The minimum Gasteiger partial charge on any atom is -0.468 e. The van der Waals surface area contributed by atoms with Gasteiger partial charge in [-0.3, -0.25) is 4.57 Å². The quantitative estimate of drug-likeness (QED) is 0.753. The number of nitrogens with zero attached hydrogens (tertiary/aromatic N) is 2. The molecular formula is C9H15N3O. The SMILES string of the molecule is COc1nc(N)cn1C1CCCC1. The molecule has 72 valence electrons. The lowest BCUT2D eigenvalue weighted by atomic mass is 10.2. The highest BCUT2D eigenvalue weighted by Crippen LogP contribution is 2.32. The van der Waals surface area contributed by atoms with Gasteiger partial charge in [0.15, 0.2) is 0 Å². The zero-order valence-electron chi connectivity index (χ0n) is 7.86. The number of aromatic nitrogens is 2. The number of hydrogen-bond donors (Lipinski definition) is 1. The molecule has 0 amide bonds. The Kier molecular flexibility index (Phi) is 2.12. The summed E-state index contributed by atoms with van der Waals surface area (Å²) < 4.78 is 7.21. The van der Waals surface area contributed by atoms with Gasteiger partial charge in [-0.1, -0.05) is 12.8 Å². The first-order valence-corrected chi connectivity index (χ1v) is 4.69. The number of hydrogen-bond acceptors (Lipinski definition) is 3. The number of methoxy groups -OCH3 is 1. The summed E-state index contributed by atoms with van der Waals surface area (Å²) >= 11 is 0. The van der Waals surface area contributed by atoms with E-state index in [1.807, 2.05) is 6.20 Å². The minimum atomic E-state index is 0.541. The van der Waals surface area contributed by atoms with Crippen LogP contribution in [0.1, 0.15) is 31.7 Å². The van der Waals surface area contributed by atoms with Gasteiger partial charge < -0.3 is 10.5 Å². The van der Waals surface area contributed by atoms with E-state index < -0.39 is 0 Å². The Hall–Kier alpha value is -1.19. The van der Waals surface area contributed by atoms with Crippen LogP contribution >= 0.6 is 0 Å². The summed E-state index contributed by atoms with van der Waals surface area (Å²) in [7, 11) is 1.63. The Bertz CT molecular complexity index is 289. The normalized spacial score (nSPS) is 17.9. The first-order valence-electron chi connectivity index (χ1n) is 4.69. The molecule has 0 spiro atoms. The van der Waals surface area contributed by atoms with Gasteiger partial charge in [-0.05, 0) is 12.8 Å². The van der Waals surface area contributed by atoms with Crippen molar-refractivity contribution < 1.29 is 4.74 Å². The maximum absolute atomic E-state index is 5.61. The second-order valence-electron chi connectivity index (χ2n) is 3.50. The highest BCUT2D eigenvalue weighted by atomic mass is 16.5. The number of imidazole rings is 1. The lowest BCUT2D eigenvalue weighted by Crippen LogP contribution is -2.05. The molecule has 0 atom stereocenters. The van der Waals surface area contributed by atoms with Crippen molar-refractivity contribution in [1.82, 2.24) is 9.55 Å². The van der Waals surface area contributed by atoms with Crippen LogP contribution in [0, 0.1) is 0 Å². The summed E-state index contributed by atoms with van der Waals surface area (Å²) in [5, 5.41) is 0. The van der Waals surface area contributed by atoms with Crippen LogP contribution in [0.25, 0.3) is 0 Å². The zero-order chi connectivity index (χ0) is 9.26. The fourth-order valence-corrected chi connectivity index (χ4v) is 1.99. The maximum Gasteiger partial charge on any atom is 0.298 e. The molecule has 0 aromatic carbocycles. The predicted octanol–water partition coefficient (Wildman–Crippen LogP) is 1.59. The monoisotopic (exact) mass is 181 g/mol.